The van der Waals surface area contributed by atoms with Gasteiger partial charge in [-0.1, -0.05) is 37.3 Å². The molecule has 2 heterocycles. The van der Waals surface area contributed by atoms with Gasteiger partial charge in [0, 0.05) is 12.6 Å². The molecule has 21 heavy (non-hydrogen) atoms. The van der Waals surface area contributed by atoms with E-state index in [0.717, 1.165) is 31.9 Å². The Morgan fingerprint density at radius 3 is 2.81 bits per heavy atom. The molecule has 1 fully saturated rings. The number of hydrogen-bond donors (Lipinski definition) is 1. The van der Waals surface area contributed by atoms with Gasteiger partial charge in [0.25, 0.3) is 0 Å². The molecule has 0 spiro atoms. The molecule has 6 nitrogen and oxygen atoms in total. The second-order valence-corrected chi connectivity index (χ2v) is 5.90. The van der Waals surface area contributed by atoms with Gasteiger partial charge in [-0.25, -0.2) is 4.68 Å². The van der Waals surface area contributed by atoms with Crippen LogP contribution in [0.15, 0.2) is 30.3 Å². The fraction of sp³-hybridized carbons (Fsp3) is 0.533. The average molecular weight is 286 g/mol. The van der Waals surface area contributed by atoms with E-state index in [0.29, 0.717) is 12.5 Å². The van der Waals surface area contributed by atoms with Crippen molar-refractivity contribution in [1.29, 1.82) is 0 Å². The smallest absolute Gasteiger partial charge is 0.165 e. The summed E-state index contributed by atoms with van der Waals surface area (Å²) >= 11 is 0. The summed E-state index contributed by atoms with van der Waals surface area (Å²) in [5, 5.41) is 12.1. The van der Waals surface area contributed by atoms with Crippen LogP contribution in [0.5, 0.6) is 0 Å². The lowest BCUT2D eigenvalue weighted by molar-refractivity contribution is 0.157. The first-order valence-electron chi connectivity index (χ1n) is 7.49. The molecule has 0 bridgehead atoms. The highest BCUT2D eigenvalue weighted by Crippen LogP contribution is 2.17. The van der Waals surface area contributed by atoms with Crippen LogP contribution in [0.25, 0.3) is 0 Å². The Balaban J connectivity index is 1.66. The summed E-state index contributed by atoms with van der Waals surface area (Å²) in [4.78, 5) is 2.35. The third-order valence-electron chi connectivity index (χ3n) is 4.25. The lowest BCUT2D eigenvalue weighted by Crippen LogP contribution is -2.47. The zero-order valence-corrected chi connectivity index (χ0v) is 12.4. The van der Waals surface area contributed by atoms with Crippen molar-refractivity contribution in [1.82, 2.24) is 25.1 Å². The highest BCUT2D eigenvalue weighted by atomic mass is 15.5. The third kappa shape index (κ3) is 3.46. The lowest BCUT2D eigenvalue weighted by atomic mass is 9.94. The highest BCUT2D eigenvalue weighted by Gasteiger charge is 2.24. The van der Waals surface area contributed by atoms with E-state index in [2.05, 4.69) is 39.5 Å². The minimum atomic E-state index is 0.247. The predicted molar refractivity (Wildman–Crippen MR) is 80.4 cm³/mol. The topological polar surface area (TPSA) is 72.9 Å². The maximum atomic E-state index is 6.16. The maximum absolute atomic E-state index is 6.16. The Kier molecular flexibility index (Phi) is 4.26. The number of hydrogen-bond acceptors (Lipinski definition) is 5. The second-order valence-electron chi connectivity index (χ2n) is 5.90. The Labute approximate surface area is 124 Å². The van der Waals surface area contributed by atoms with Gasteiger partial charge in [-0.2, -0.15) is 0 Å². The molecule has 0 saturated carbocycles. The van der Waals surface area contributed by atoms with Crippen LogP contribution < -0.4 is 5.73 Å². The molecule has 1 aromatic heterocycles. The monoisotopic (exact) mass is 286 g/mol. The molecule has 0 amide bonds. The molecule has 1 aromatic carbocycles. The second kappa shape index (κ2) is 6.32. The third-order valence-corrected chi connectivity index (χ3v) is 4.25. The lowest BCUT2D eigenvalue weighted by Gasteiger charge is -2.34. The molecule has 6 heteroatoms. The van der Waals surface area contributed by atoms with Gasteiger partial charge in [0.2, 0.25) is 0 Å². The molecule has 1 aliphatic rings. The molecule has 0 aliphatic carbocycles. The van der Waals surface area contributed by atoms with Crippen LogP contribution in [0.3, 0.4) is 0 Å². The number of rotatable bonds is 4. The summed E-state index contributed by atoms with van der Waals surface area (Å²) in [6.45, 7) is 5.67. The first-order valence-corrected chi connectivity index (χ1v) is 7.49. The highest BCUT2D eigenvalue weighted by molar-refractivity contribution is 5.14. The first-order chi connectivity index (χ1) is 10.2. The molecule has 2 unspecified atom stereocenters. The molecule has 2 aromatic rings. The number of nitrogens with zero attached hydrogens (tertiary/aromatic N) is 5. The number of nitrogens with two attached hydrogens (primary N) is 1. The van der Waals surface area contributed by atoms with Crippen molar-refractivity contribution in [3.05, 3.63) is 41.7 Å². The van der Waals surface area contributed by atoms with Crippen LogP contribution in [-0.2, 0) is 13.1 Å². The Hall–Kier alpha value is -1.79. The number of aromatic nitrogens is 4. The number of benzene rings is 1. The normalized spacial score (nSPS) is 23.3. The minimum Gasteiger partial charge on any atom is -0.326 e. The van der Waals surface area contributed by atoms with E-state index < -0.39 is 0 Å². The van der Waals surface area contributed by atoms with E-state index in [-0.39, 0.29) is 6.04 Å². The largest absolute Gasteiger partial charge is 0.326 e. The van der Waals surface area contributed by atoms with E-state index >= 15 is 0 Å². The van der Waals surface area contributed by atoms with E-state index in [1.165, 1.54) is 5.56 Å². The van der Waals surface area contributed by atoms with Crippen LogP contribution in [0.1, 0.15) is 24.7 Å². The molecule has 1 saturated heterocycles. The van der Waals surface area contributed by atoms with Crippen molar-refractivity contribution in [2.75, 3.05) is 13.1 Å². The molecule has 112 valence electrons. The quantitative estimate of drug-likeness (QED) is 0.903. The van der Waals surface area contributed by atoms with Gasteiger partial charge < -0.3 is 5.73 Å². The zero-order chi connectivity index (χ0) is 14.7. The Morgan fingerprint density at radius 2 is 2.05 bits per heavy atom. The van der Waals surface area contributed by atoms with Gasteiger partial charge in [0.05, 0.1) is 13.1 Å². The van der Waals surface area contributed by atoms with Crippen molar-refractivity contribution in [3.8, 4) is 0 Å². The number of likely N-dealkylation sites (tertiary alicyclic amines) is 1. The molecule has 2 atom stereocenters. The van der Waals surface area contributed by atoms with E-state index in [1.54, 1.807) is 0 Å². The summed E-state index contributed by atoms with van der Waals surface area (Å²) < 4.78 is 1.87. The summed E-state index contributed by atoms with van der Waals surface area (Å²) in [5.74, 6) is 1.50. The van der Waals surface area contributed by atoms with Crippen LogP contribution in [-0.4, -0.2) is 44.2 Å². The molecule has 1 aliphatic heterocycles. The van der Waals surface area contributed by atoms with Crippen molar-refractivity contribution >= 4 is 0 Å². The molecule has 3 rings (SSSR count). The van der Waals surface area contributed by atoms with Crippen molar-refractivity contribution in [2.24, 2.45) is 11.7 Å². The van der Waals surface area contributed by atoms with Gasteiger partial charge in [-0.3, -0.25) is 4.90 Å². The van der Waals surface area contributed by atoms with E-state index in [4.69, 9.17) is 5.73 Å². The fourth-order valence-corrected chi connectivity index (χ4v) is 2.73. The summed E-state index contributed by atoms with van der Waals surface area (Å²) in [6, 6.07) is 10.5. The van der Waals surface area contributed by atoms with Crippen LogP contribution in [0, 0.1) is 5.92 Å². The van der Waals surface area contributed by atoms with Crippen molar-refractivity contribution in [3.63, 3.8) is 0 Å². The van der Waals surface area contributed by atoms with E-state index in [1.807, 2.05) is 22.9 Å². The van der Waals surface area contributed by atoms with Crippen LogP contribution in [0.4, 0.5) is 0 Å². The molecule has 0 radical (unpaired) electrons. The maximum Gasteiger partial charge on any atom is 0.165 e. The summed E-state index contributed by atoms with van der Waals surface area (Å²) in [7, 11) is 0. The molecular formula is C15H22N6. The minimum absolute atomic E-state index is 0.247. The van der Waals surface area contributed by atoms with Crippen molar-refractivity contribution < 1.29 is 0 Å². The fourth-order valence-electron chi connectivity index (χ4n) is 2.73. The Bertz CT molecular complexity index is 567. The number of piperidine rings is 1. The van der Waals surface area contributed by atoms with E-state index in [9.17, 15) is 0 Å². The SMILES string of the molecule is CC1CCN(Cc2nnnn2Cc2ccccc2)CC1N. The predicted octanol–water partition coefficient (Wildman–Crippen LogP) is 0.890. The van der Waals surface area contributed by atoms with Gasteiger partial charge in [0.1, 0.15) is 0 Å². The zero-order valence-electron chi connectivity index (χ0n) is 12.4. The van der Waals surface area contributed by atoms with Crippen LogP contribution in [0.2, 0.25) is 0 Å². The molecular weight excluding hydrogens is 264 g/mol. The van der Waals surface area contributed by atoms with Gasteiger partial charge in [-0.15, -0.1) is 5.10 Å². The van der Waals surface area contributed by atoms with Gasteiger partial charge in [0.15, 0.2) is 5.82 Å². The van der Waals surface area contributed by atoms with Crippen LogP contribution >= 0.6 is 0 Å². The standard InChI is InChI=1S/C15H22N6/c1-12-7-8-20(10-14(12)16)11-15-17-18-19-21(15)9-13-5-3-2-4-6-13/h2-6,12,14H,7-11,16H2,1H3. The average Bonchev–Trinajstić information content (AvgIpc) is 2.91. The summed E-state index contributed by atoms with van der Waals surface area (Å²) in [6.07, 6.45) is 1.14. The molecule has 2 N–H and O–H groups in total. The first kappa shape index (κ1) is 14.2. The van der Waals surface area contributed by atoms with Gasteiger partial charge >= 0.3 is 0 Å². The number of tetrazole rings is 1. The Morgan fingerprint density at radius 1 is 1.24 bits per heavy atom. The summed E-state index contributed by atoms with van der Waals surface area (Å²) in [5.41, 5.74) is 7.36. The van der Waals surface area contributed by atoms with Gasteiger partial charge in [-0.05, 0) is 34.9 Å². The van der Waals surface area contributed by atoms with Crippen molar-refractivity contribution in [2.45, 2.75) is 32.5 Å².